The summed E-state index contributed by atoms with van der Waals surface area (Å²) in [6, 6.07) is 3.64. The summed E-state index contributed by atoms with van der Waals surface area (Å²) in [5, 5.41) is 12.9. The van der Waals surface area contributed by atoms with Gasteiger partial charge in [-0.05, 0) is 31.7 Å². The second-order valence-electron chi connectivity index (χ2n) is 6.44. The summed E-state index contributed by atoms with van der Waals surface area (Å²) >= 11 is 0. The number of hydrogen-bond donors (Lipinski definition) is 0. The van der Waals surface area contributed by atoms with Gasteiger partial charge in [0.1, 0.15) is 0 Å². The number of fused-ring (bicyclic) bond motifs is 1. The number of hydrogen-bond acceptors (Lipinski definition) is 5. The molecule has 0 unspecified atom stereocenters. The number of nitrogens with zero attached hydrogens (tertiary/aromatic N) is 5. The predicted molar refractivity (Wildman–Crippen MR) is 87.8 cm³/mol. The topological polar surface area (TPSA) is 72.6 Å². The maximum absolute atomic E-state index is 12.5. The predicted octanol–water partition coefficient (Wildman–Crippen LogP) is 1.81. The zero-order chi connectivity index (χ0) is 16.5. The normalized spacial score (nSPS) is 19.3. The van der Waals surface area contributed by atoms with Crippen molar-refractivity contribution in [3.63, 3.8) is 0 Å². The minimum atomic E-state index is 0.154. The van der Waals surface area contributed by atoms with Crippen LogP contribution in [0.15, 0.2) is 24.3 Å². The van der Waals surface area contributed by atoms with Crippen molar-refractivity contribution in [2.75, 3.05) is 20.2 Å². The van der Waals surface area contributed by atoms with E-state index >= 15 is 0 Å². The minimum absolute atomic E-state index is 0.154. The third kappa shape index (κ3) is 2.64. The van der Waals surface area contributed by atoms with Crippen LogP contribution in [-0.4, -0.2) is 50.8 Å². The first-order valence-electron chi connectivity index (χ1n) is 8.46. The van der Waals surface area contributed by atoms with Crippen LogP contribution in [0.5, 0.6) is 5.88 Å². The monoisotopic (exact) mass is 327 g/mol. The van der Waals surface area contributed by atoms with Gasteiger partial charge in [0.25, 0.3) is 0 Å². The van der Waals surface area contributed by atoms with Gasteiger partial charge in [-0.1, -0.05) is 12.2 Å². The highest BCUT2D eigenvalue weighted by atomic mass is 16.5. The average molecular weight is 327 g/mol. The first-order valence-corrected chi connectivity index (χ1v) is 8.46. The molecule has 0 atom stereocenters. The number of allylic oxidation sites excluding steroid dienone is 2. The van der Waals surface area contributed by atoms with Crippen LogP contribution in [0.3, 0.4) is 0 Å². The Morgan fingerprint density at radius 2 is 1.92 bits per heavy atom. The van der Waals surface area contributed by atoms with E-state index in [2.05, 4.69) is 27.4 Å². The van der Waals surface area contributed by atoms with Crippen molar-refractivity contribution >= 4 is 11.6 Å². The van der Waals surface area contributed by atoms with Crippen molar-refractivity contribution in [3.8, 4) is 5.88 Å². The molecule has 2 aromatic rings. The van der Waals surface area contributed by atoms with Crippen LogP contribution in [0, 0.1) is 5.92 Å². The van der Waals surface area contributed by atoms with E-state index in [1.165, 1.54) is 0 Å². The highest BCUT2D eigenvalue weighted by Gasteiger charge is 2.30. The Hall–Kier alpha value is -2.44. The van der Waals surface area contributed by atoms with Crippen molar-refractivity contribution in [2.24, 2.45) is 5.92 Å². The average Bonchev–Trinajstić information content (AvgIpc) is 3.30. The summed E-state index contributed by atoms with van der Waals surface area (Å²) in [6.07, 6.45) is 7.78. The molecule has 1 aliphatic heterocycles. The maximum atomic E-state index is 12.5. The summed E-state index contributed by atoms with van der Waals surface area (Å²) < 4.78 is 6.96. The Labute approximate surface area is 140 Å². The molecule has 1 fully saturated rings. The van der Waals surface area contributed by atoms with Gasteiger partial charge in [-0.3, -0.25) is 4.79 Å². The van der Waals surface area contributed by atoms with Gasteiger partial charge in [0.2, 0.25) is 11.8 Å². The van der Waals surface area contributed by atoms with E-state index in [0.29, 0.717) is 11.8 Å². The Balaban J connectivity index is 1.47. The summed E-state index contributed by atoms with van der Waals surface area (Å²) in [4.78, 5) is 14.5. The zero-order valence-electron chi connectivity index (χ0n) is 13.8. The van der Waals surface area contributed by atoms with E-state index < -0.39 is 0 Å². The first kappa shape index (κ1) is 15.1. The molecule has 7 heteroatoms. The second-order valence-corrected chi connectivity index (χ2v) is 6.44. The van der Waals surface area contributed by atoms with Crippen LogP contribution >= 0.6 is 0 Å². The van der Waals surface area contributed by atoms with Crippen molar-refractivity contribution < 1.29 is 9.53 Å². The van der Waals surface area contributed by atoms with Crippen LogP contribution < -0.4 is 4.74 Å². The quantitative estimate of drug-likeness (QED) is 0.804. The molecule has 0 N–H and O–H groups in total. The fourth-order valence-electron chi connectivity index (χ4n) is 3.59. The Bertz CT molecular complexity index is 768. The molecule has 126 valence electrons. The number of methoxy groups -OCH3 is 1. The molecule has 1 amide bonds. The van der Waals surface area contributed by atoms with Crippen molar-refractivity contribution in [2.45, 2.75) is 31.6 Å². The van der Waals surface area contributed by atoms with Gasteiger partial charge in [0, 0.05) is 31.0 Å². The molecule has 7 nitrogen and oxygen atoms in total. The van der Waals surface area contributed by atoms with Crippen molar-refractivity contribution in [3.05, 3.63) is 30.1 Å². The molecule has 3 heterocycles. The molecule has 0 spiro atoms. The van der Waals surface area contributed by atoms with Crippen LogP contribution in [0.25, 0.3) is 5.65 Å². The van der Waals surface area contributed by atoms with E-state index in [0.717, 1.165) is 50.2 Å². The summed E-state index contributed by atoms with van der Waals surface area (Å²) in [7, 11) is 1.60. The number of amides is 1. The summed E-state index contributed by atoms with van der Waals surface area (Å²) in [5.74, 6) is 2.12. The lowest BCUT2D eigenvalue weighted by Gasteiger charge is -2.32. The number of carbonyl (C=O) groups excluding carboxylic acids is 1. The van der Waals surface area contributed by atoms with E-state index in [4.69, 9.17) is 4.74 Å². The number of piperidine rings is 1. The van der Waals surface area contributed by atoms with Crippen molar-refractivity contribution in [1.82, 2.24) is 24.7 Å². The lowest BCUT2D eigenvalue weighted by atomic mass is 9.94. The molecule has 1 saturated heterocycles. The largest absolute Gasteiger partial charge is 0.480 e. The lowest BCUT2D eigenvalue weighted by Crippen LogP contribution is -2.41. The standard InChI is InChI=1S/C17H21N5O2/c1-24-15-7-6-14-18-19-16(22(14)20-15)12-8-10-21(11-9-12)17(23)13-4-2-3-5-13/h2-3,6-7,12-13H,4-5,8-11H2,1H3. The van der Waals surface area contributed by atoms with Gasteiger partial charge in [-0.15, -0.1) is 15.3 Å². The van der Waals surface area contributed by atoms with Gasteiger partial charge in [0.05, 0.1) is 7.11 Å². The van der Waals surface area contributed by atoms with E-state index in [1.54, 1.807) is 17.7 Å². The third-order valence-corrected chi connectivity index (χ3v) is 5.00. The van der Waals surface area contributed by atoms with Crippen LogP contribution in [-0.2, 0) is 4.79 Å². The van der Waals surface area contributed by atoms with Crippen LogP contribution in [0.1, 0.15) is 37.4 Å². The Kier molecular flexibility index (Phi) is 3.92. The molecular weight excluding hydrogens is 306 g/mol. The highest BCUT2D eigenvalue weighted by Crippen LogP contribution is 2.29. The number of likely N-dealkylation sites (tertiary alicyclic amines) is 1. The van der Waals surface area contributed by atoms with Gasteiger partial charge in [-0.2, -0.15) is 4.52 Å². The number of ether oxygens (including phenoxy) is 1. The van der Waals surface area contributed by atoms with E-state index in [1.807, 2.05) is 11.0 Å². The third-order valence-electron chi connectivity index (χ3n) is 5.00. The van der Waals surface area contributed by atoms with Crippen LogP contribution in [0.4, 0.5) is 0 Å². The fourth-order valence-corrected chi connectivity index (χ4v) is 3.59. The maximum Gasteiger partial charge on any atom is 0.231 e. The molecule has 4 rings (SSSR count). The van der Waals surface area contributed by atoms with E-state index in [9.17, 15) is 4.79 Å². The van der Waals surface area contributed by atoms with Crippen molar-refractivity contribution in [1.29, 1.82) is 0 Å². The number of rotatable bonds is 3. The Morgan fingerprint density at radius 3 is 2.62 bits per heavy atom. The lowest BCUT2D eigenvalue weighted by molar-refractivity contribution is -0.136. The second kappa shape index (κ2) is 6.22. The summed E-state index contributed by atoms with van der Waals surface area (Å²) in [5.41, 5.74) is 0.723. The molecule has 0 saturated carbocycles. The Morgan fingerprint density at radius 1 is 1.17 bits per heavy atom. The van der Waals surface area contributed by atoms with Gasteiger partial charge < -0.3 is 9.64 Å². The van der Waals surface area contributed by atoms with Gasteiger partial charge in [0.15, 0.2) is 11.5 Å². The minimum Gasteiger partial charge on any atom is -0.480 e. The molecule has 0 radical (unpaired) electrons. The van der Waals surface area contributed by atoms with Gasteiger partial charge in [-0.25, -0.2) is 0 Å². The van der Waals surface area contributed by atoms with E-state index in [-0.39, 0.29) is 11.8 Å². The number of carbonyl (C=O) groups is 1. The molecule has 2 aliphatic rings. The SMILES string of the molecule is COc1ccc2nnc(C3CCN(C(=O)C4CC=CC4)CC3)n2n1. The molecule has 0 aromatic carbocycles. The smallest absolute Gasteiger partial charge is 0.231 e. The number of aromatic nitrogens is 4. The molecule has 1 aliphatic carbocycles. The fraction of sp³-hybridized carbons (Fsp3) is 0.529. The molecule has 0 bridgehead atoms. The summed E-state index contributed by atoms with van der Waals surface area (Å²) in [6.45, 7) is 1.55. The first-order chi connectivity index (χ1) is 11.8. The van der Waals surface area contributed by atoms with Gasteiger partial charge >= 0.3 is 0 Å². The molecular formula is C17H21N5O2. The molecule has 2 aromatic heterocycles. The molecule has 24 heavy (non-hydrogen) atoms. The zero-order valence-corrected chi connectivity index (χ0v) is 13.8. The van der Waals surface area contributed by atoms with Crippen LogP contribution in [0.2, 0.25) is 0 Å². The highest BCUT2D eigenvalue weighted by molar-refractivity contribution is 5.79.